The van der Waals surface area contributed by atoms with Gasteiger partial charge in [-0.1, -0.05) is 157 Å². The smallest absolute Gasteiger partial charge is 0.306 e. The minimum atomic E-state index is 0.0312. The summed E-state index contributed by atoms with van der Waals surface area (Å²) in [5, 5.41) is 0. The molecule has 48 heavy (non-hydrogen) atoms. The van der Waals surface area contributed by atoms with Crippen LogP contribution in [0.1, 0.15) is 216 Å². The highest BCUT2D eigenvalue weighted by Crippen LogP contribution is 2.76. The highest BCUT2D eigenvalue weighted by molar-refractivity contribution is 5.69. The van der Waals surface area contributed by atoms with E-state index < -0.39 is 0 Å². The monoisotopic (exact) mass is 665 g/mol. The minimum absolute atomic E-state index is 0.0312. The quantitative estimate of drug-likeness (QED) is 0.0989. The van der Waals surface area contributed by atoms with E-state index in [0.29, 0.717) is 39.4 Å². The van der Waals surface area contributed by atoms with Crippen molar-refractivity contribution in [3.63, 3.8) is 0 Å². The third kappa shape index (κ3) is 6.89. The Hall–Kier alpha value is -0.790. The lowest BCUT2D eigenvalue weighted by atomic mass is 9.33. The second-order valence-electron chi connectivity index (χ2n) is 20.4. The summed E-state index contributed by atoms with van der Waals surface area (Å²) in [6.07, 6.45) is 34.0. The molecule has 5 aliphatic carbocycles. The molecule has 0 aromatic rings. The van der Waals surface area contributed by atoms with Crippen LogP contribution in [-0.2, 0) is 9.53 Å². The molecule has 0 bridgehead atoms. The molecule has 4 saturated carbocycles. The van der Waals surface area contributed by atoms with E-state index in [1.807, 2.05) is 5.57 Å². The number of hydrogen-bond donors (Lipinski definition) is 0. The molecule has 0 radical (unpaired) electrons. The van der Waals surface area contributed by atoms with E-state index in [1.54, 1.807) is 0 Å². The maximum absolute atomic E-state index is 13.2. The second-order valence-corrected chi connectivity index (χ2v) is 20.4. The summed E-state index contributed by atoms with van der Waals surface area (Å²) in [6.45, 7) is 23.2. The van der Waals surface area contributed by atoms with Gasteiger partial charge in [-0.15, -0.1) is 0 Å². The van der Waals surface area contributed by atoms with E-state index in [0.717, 1.165) is 24.7 Å². The number of rotatable bonds is 15. The third-order valence-electron chi connectivity index (χ3n) is 17.3. The maximum atomic E-state index is 13.2. The Balaban J connectivity index is 1.12. The first-order valence-electron chi connectivity index (χ1n) is 21.6. The van der Waals surface area contributed by atoms with Crippen LogP contribution in [0.2, 0.25) is 0 Å². The largest absolute Gasteiger partial charge is 0.462 e. The molecule has 0 aromatic carbocycles. The molecule has 0 amide bonds. The molecule has 0 aliphatic heterocycles. The fourth-order valence-electron chi connectivity index (χ4n) is 13.5. The average molecular weight is 665 g/mol. The molecule has 5 rings (SSSR count). The van der Waals surface area contributed by atoms with Gasteiger partial charge in [-0.05, 0) is 109 Å². The van der Waals surface area contributed by atoms with Crippen molar-refractivity contribution in [2.45, 2.75) is 223 Å². The molecule has 0 aromatic heterocycles. The summed E-state index contributed by atoms with van der Waals surface area (Å²) >= 11 is 0. The number of unbranched alkanes of at least 4 members (excludes halogenated alkanes) is 12. The van der Waals surface area contributed by atoms with Crippen LogP contribution >= 0.6 is 0 Å². The molecule has 4 fully saturated rings. The number of ether oxygens (including phenoxy) is 1. The summed E-state index contributed by atoms with van der Waals surface area (Å²) in [6, 6.07) is 0. The normalized spacial score (nSPS) is 39.7. The van der Waals surface area contributed by atoms with Gasteiger partial charge in [-0.2, -0.15) is 0 Å². The number of carbonyl (C=O) groups is 1. The predicted molar refractivity (Wildman–Crippen MR) is 205 cm³/mol. The molecule has 0 spiro atoms. The van der Waals surface area contributed by atoms with Crippen molar-refractivity contribution >= 4 is 5.97 Å². The van der Waals surface area contributed by atoms with Crippen LogP contribution in [0, 0.1) is 50.2 Å². The van der Waals surface area contributed by atoms with E-state index >= 15 is 0 Å². The SMILES string of the molecule is CCCCCCCCCCCCCCCC(=O)OC1CCC2(C)C(CCC3(C)C2CC=C2C4CCCC(C)(C)C4(C)CCC23C)C1(C)C. The van der Waals surface area contributed by atoms with Gasteiger partial charge in [0.15, 0.2) is 0 Å². The van der Waals surface area contributed by atoms with Crippen molar-refractivity contribution in [2.75, 3.05) is 0 Å². The van der Waals surface area contributed by atoms with E-state index in [-0.39, 0.29) is 17.5 Å². The molecular formula is C46H80O2. The van der Waals surface area contributed by atoms with Crippen LogP contribution in [0.5, 0.6) is 0 Å². The third-order valence-corrected chi connectivity index (χ3v) is 17.3. The van der Waals surface area contributed by atoms with Crippen molar-refractivity contribution in [3.05, 3.63) is 11.6 Å². The van der Waals surface area contributed by atoms with Crippen molar-refractivity contribution in [2.24, 2.45) is 50.2 Å². The topological polar surface area (TPSA) is 26.3 Å². The molecule has 2 nitrogen and oxygen atoms in total. The number of carbonyl (C=O) groups excluding carboxylic acids is 1. The lowest BCUT2D eigenvalue weighted by Crippen LogP contribution is -2.65. The standard InChI is InChI=1S/C46H80O2/c1-10-11-12-13-14-15-16-17-18-19-20-21-22-25-40(47)48-39-29-31-43(6)37(42(39,4)5)28-32-46(9)38(43)27-26-36-35-24-23-30-41(2,3)44(35,7)33-34-45(36,46)8/h26,35,37-39H,10-25,27-34H2,1-9H3. The zero-order valence-corrected chi connectivity index (χ0v) is 33.7. The van der Waals surface area contributed by atoms with Crippen molar-refractivity contribution in [1.82, 2.24) is 0 Å². The predicted octanol–water partition coefficient (Wildman–Crippen LogP) is 14.2. The summed E-state index contributed by atoms with van der Waals surface area (Å²) in [7, 11) is 0. The first-order chi connectivity index (χ1) is 22.7. The Morgan fingerprint density at radius 2 is 1.27 bits per heavy atom. The number of esters is 1. The molecule has 0 N–H and O–H groups in total. The zero-order chi connectivity index (χ0) is 34.8. The highest BCUT2D eigenvalue weighted by Gasteiger charge is 2.68. The van der Waals surface area contributed by atoms with E-state index in [9.17, 15) is 4.79 Å². The first kappa shape index (κ1) is 38.4. The average Bonchev–Trinajstić information content (AvgIpc) is 3.02. The van der Waals surface area contributed by atoms with Crippen LogP contribution in [0.4, 0.5) is 0 Å². The Morgan fingerprint density at radius 1 is 0.667 bits per heavy atom. The van der Waals surface area contributed by atoms with E-state index in [1.165, 1.54) is 135 Å². The fourth-order valence-corrected chi connectivity index (χ4v) is 13.5. The zero-order valence-electron chi connectivity index (χ0n) is 33.7. The van der Waals surface area contributed by atoms with Crippen LogP contribution < -0.4 is 0 Å². The van der Waals surface area contributed by atoms with Gasteiger partial charge >= 0.3 is 5.97 Å². The van der Waals surface area contributed by atoms with Gasteiger partial charge in [-0.3, -0.25) is 4.79 Å². The first-order valence-corrected chi connectivity index (χ1v) is 21.6. The molecule has 5 aliphatic rings. The Morgan fingerprint density at radius 3 is 1.90 bits per heavy atom. The summed E-state index contributed by atoms with van der Waals surface area (Å²) in [4.78, 5) is 13.2. The Kier molecular flexibility index (Phi) is 12.1. The maximum Gasteiger partial charge on any atom is 0.306 e. The molecule has 0 heterocycles. The van der Waals surface area contributed by atoms with Crippen LogP contribution in [0.3, 0.4) is 0 Å². The van der Waals surface area contributed by atoms with Crippen molar-refractivity contribution < 1.29 is 9.53 Å². The number of allylic oxidation sites excluding steroid dienone is 2. The summed E-state index contributed by atoms with van der Waals surface area (Å²) in [5.74, 6) is 2.18. The lowest BCUT2D eigenvalue weighted by Gasteiger charge is -2.72. The van der Waals surface area contributed by atoms with Crippen molar-refractivity contribution in [1.29, 1.82) is 0 Å². The van der Waals surface area contributed by atoms with Gasteiger partial charge in [0, 0.05) is 11.8 Å². The molecular weight excluding hydrogens is 585 g/mol. The van der Waals surface area contributed by atoms with Crippen molar-refractivity contribution in [3.8, 4) is 0 Å². The van der Waals surface area contributed by atoms with Gasteiger partial charge in [0.2, 0.25) is 0 Å². The number of fused-ring (bicyclic) bond motifs is 7. The van der Waals surface area contributed by atoms with Gasteiger partial charge in [-0.25, -0.2) is 0 Å². The molecule has 276 valence electrons. The van der Waals surface area contributed by atoms with Gasteiger partial charge in [0.05, 0.1) is 0 Å². The summed E-state index contributed by atoms with van der Waals surface area (Å²) < 4.78 is 6.41. The molecule has 8 unspecified atom stereocenters. The molecule has 0 saturated heterocycles. The van der Waals surface area contributed by atoms with E-state index in [4.69, 9.17) is 4.74 Å². The minimum Gasteiger partial charge on any atom is -0.462 e. The van der Waals surface area contributed by atoms with E-state index in [2.05, 4.69) is 68.4 Å². The summed E-state index contributed by atoms with van der Waals surface area (Å²) in [5.41, 5.74) is 3.78. The van der Waals surface area contributed by atoms with Crippen LogP contribution in [0.15, 0.2) is 11.6 Å². The molecule has 8 atom stereocenters. The fraction of sp³-hybridized carbons (Fsp3) is 0.935. The van der Waals surface area contributed by atoms with Gasteiger partial charge in [0.1, 0.15) is 6.10 Å². The molecule has 2 heteroatoms. The van der Waals surface area contributed by atoms with Gasteiger partial charge < -0.3 is 4.74 Å². The second kappa shape index (κ2) is 15.1. The number of hydrogen-bond acceptors (Lipinski definition) is 2. The Labute approximate surface area is 299 Å². The van der Waals surface area contributed by atoms with Crippen LogP contribution in [-0.4, -0.2) is 12.1 Å². The van der Waals surface area contributed by atoms with Gasteiger partial charge in [0.25, 0.3) is 0 Å². The highest BCUT2D eigenvalue weighted by atomic mass is 16.5. The van der Waals surface area contributed by atoms with Crippen LogP contribution in [0.25, 0.3) is 0 Å². The lowest BCUT2D eigenvalue weighted by molar-refractivity contribution is -0.214. The Bertz CT molecular complexity index is 1120.